The second-order valence-electron chi connectivity index (χ2n) is 7.60. The molecule has 1 aromatic carbocycles. The second kappa shape index (κ2) is 8.07. The van der Waals surface area contributed by atoms with Gasteiger partial charge in [-0.1, -0.05) is 23.8 Å². The minimum Gasteiger partial charge on any atom is -0.361 e. The predicted molar refractivity (Wildman–Crippen MR) is 123 cm³/mol. The maximum absolute atomic E-state index is 11.6. The van der Waals surface area contributed by atoms with Crippen LogP contribution in [0, 0.1) is 6.92 Å². The van der Waals surface area contributed by atoms with Crippen LogP contribution < -0.4 is 10.9 Å². The number of nitrogens with one attached hydrogen (secondary N) is 1. The second-order valence-corrected chi connectivity index (χ2v) is 7.60. The van der Waals surface area contributed by atoms with E-state index in [1.54, 1.807) is 37.9 Å². The van der Waals surface area contributed by atoms with Crippen LogP contribution in [0.5, 0.6) is 0 Å². The first kappa shape index (κ1) is 19.6. The van der Waals surface area contributed by atoms with E-state index in [-0.39, 0.29) is 5.56 Å². The minimum atomic E-state index is -0.0613. The number of aryl methyl sites for hydroxylation is 2. The molecule has 0 spiro atoms. The number of hydrogen-bond donors (Lipinski definition) is 1. The molecule has 0 aliphatic carbocycles. The molecule has 4 aromatic heterocycles. The molecule has 5 aromatic rings. The van der Waals surface area contributed by atoms with E-state index in [2.05, 4.69) is 50.4 Å². The summed E-state index contributed by atoms with van der Waals surface area (Å²) in [6, 6.07) is 11.6. The summed E-state index contributed by atoms with van der Waals surface area (Å²) in [5.41, 5.74) is 6.32. The molecule has 0 saturated heterocycles. The Labute approximate surface area is 184 Å². The summed E-state index contributed by atoms with van der Waals surface area (Å²) in [6.45, 7) is 2.53. The lowest BCUT2D eigenvalue weighted by molar-refractivity contribution is 0.861. The summed E-state index contributed by atoms with van der Waals surface area (Å²) in [7, 11) is 1.71. The van der Waals surface area contributed by atoms with Crippen LogP contribution >= 0.6 is 0 Å². The van der Waals surface area contributed by atoms with Gasteiger partial charge in [0.05, 0.1) is 42.2 Å². The highest BCUT2D eigenvalue weighted by Crippen LogP contribution is 2.24. The van der Waals surface area contributed by atoms with Crippen molar-refractivity contribution in [1.29, 1.82) is 0 Å². The quantitative estimate of drug-likeness (QED) is 0.466. The standard InChI is InChI=1S/C24H21N7O/c1-16-4-3-5-17(10-16)21-14-29-24-23(25-8-9-31(21)24)28-12-19-11-27-20(13-26-19)18-6-7-22(32)30(2)15-18/h3-11,13-15H,12H2,1-2H3,(H,25,28). The van der Waals surface area contributed by atoms with Crippen LogP contribution in [0.25, 0.3) is 28.2 Å². The van der Waals surface area contributed by atoms with E-state index in [0.717, 1.165) is 28.2 Å². The smallest absolute Gasteiger partial charge is 0.250 e. The van der Waals surface area contributed by atoms with Gasteiger partial charge in [0.2, 0.25) is 5.56 Å². The van der Waals surface area contributed by atoms with Gasteiger partial charge in [0.15, 0.2) is 11.5 Å². The summed E-state index contributed by atoms with van der Waals surface area (Å²) in [6.07, 6.45) is 10.7. The maximum Gasteiger partial charge on any atom is 0.250 e. The van der Waals surface area contributed by atoms with Crippen LogP contribution in [-0.2, 0) is 13.6 Å². The van der Waals surface area contributed by atoms with E-state index in [9.17, 15) is 4.79 Å². The maximum atomic E-state index is 11.6. The minimum absolute atomic E-state index is 0.0613. The van der Waals surface area contributed by atoms with E-state index in [1.807, 2.05) is 22.9 Å². The number of pyridine rings is 1. The fourth-order valence-corrected chi connectivity index (χ4v) is 3.58. The largest absolute Gasteiger partial charge is 0.361 e. The molecule has 0 bridgehead atoms. The lowest BCUT2D eigenvalue weighted by Gasteiger charge is -2.08. The highest BCUT2D eigenvalue weighted by Gasteiger charge is 2.11. The molecular formula is C24H21N7O. The number of rotatable bonds is 5. The van der Waals surface area contributed by atoms with Crippen molar-refractivity contribution in [3.63, 3.8) is 0 Å². The van der Waals surface area contributed by atoms with Gasteiger partial charge >= 0.3 is 0 Å². The molecule has 0 radical (unpaired) electrons. The Morgan fingerprint density at radius 3 is 2.66 bits per heavy atom. The summed E-state index contributed by atoms with van der Waals surface area (Å²) in [4.78, 5) is 29.6. The first-order valence-electron chi connectivity index (χ1n) is 10.2. The molecule has 5 rings (SSSR count). The fraction of sp³-hybridized carbons (Fsp3) is 0.125. The van der Waals surface area contributed by atoms with Crippen molar-refractivity contribution < 1.29 is 0 Å². The summed E-state index contributed by atoms with van der Waals surface area (Å²) < 4.78 is 3.55. The van der Waals surface area contributed by atoms with Crippen molar-refractivity contribution in [2.24, 2.45) is 7.05 Å². The van der Waals surface area contributed by atoms with Gasteiger partial charge in [0, 0.05) is 42.8 Å². The molecule has 0 fully saturated rings. The van der Waals surface area contributed by atoms with E-state index in [4.69, 9.17) is 0 Å². The molecule has 0 aliphatic heterocycles. The molecule has 158 valence electrons. The molecule has 8 heteroatoms. The zero-order valence-corrected chi connectivity index (χ0v) is 17.7. The van der Waals surface area contributed by atoms with Crippen molar-refractivity contribution in [2.75, 3.05) is 5.32 Å². The van der Waals surface area contributed by atoms with Crippen molar-refractivity contribution in [1.82, 2.24) is 28.9 Å². The monoisotopic (exact) mass is 423 g/mol. The lowest BCUT2D eigenvalue weighted by atomic mass is 10.1. The molecule has 0 aliphatic rings. The number of aromatic nitrogens is 6. The highest BCUT2D eigenvalue weighted by molar-refractivity contribution is 5.70. The van der Waals surface area contributed by atoms with Crippen molar-refractivity contribution in [3.8, 4) is 22.5 Å². The van der Waals surface area contributed by atoms with Crippen LogP contribution in [0.4, 0.5) is 5.82 Å². The van der Waals surface area contributed by atoms with Crippen LogP contribution in [0.1, 0.15) is 11.3 Å². The molecular weight excluding hydrogens is 402 g/mol. The fourth-order valence-electron chi connectivity index (χ4n) is 3.58. The third-order valence-corrected chi connectivity index (χ3v) is 5.27. The van der Waals surface area contributed by atoms with Gasteiger partial charge in [-0.05, 0) is 19.1 Å². The zero-order chi connectivity index (χ0) is 22.1. The van der Waals surface area contributed by atoms with Crippen molar-refractivity contribution in [2.45, 2.75) is 13.5 Å². The molecule has 32 heavy (non-hydrogen) atoms. The number of hydrogen-bond acceptors (Lipinski definition) is 6. The summed E-state index contributed by atoms with van der Waals surface area (Å²) in [5.74, 6) is 0.676. The van der Waals surface area contributed by atoms with Crippen molar-refractivity contribution in [3.05, 3.63) is 95.2 Å². The molecule has 0 unspecified atom stereocenters. The predicted octanol–water partition coefficient (Wildman–Crippen LogP) is 3.47. The zero-order valence-electron chi connectivity index (χ0n) is 17.7. The first-order chi connectivity index (χ1) is 15.6. The van der Waals surface area contributed by atoms with Gasteiger partial charge in [-0.2, -0.15) is 0 Å². The highest BCUT2D eigenvalue weighted by atomic mass is 16.1. The summed E-state index contributed by atoms with van der Waals surface area (Å²) in [5, 5.41) is 3.31. The van der Waals surface area contributed by atoms with Crippen LogP contribution in [0.15, 0.2) is 78.4 Å². The Hall–Kier alpha value is -4.33. The Kier molecular flexibility index (Phi) is 4.95. The van der Waals surface area contributed by atoms with Crippen LogP contribution in [0.2, 0.25) is 0 Å². The van der Waals surface area contributed by atoms with Gasteiger partial charge in [-0.3, -0.25) is 19.2 Å². The van der Waals surface area contributed by atoms with Crippen LogP contribution in [-0.4, -0.2) is 28.9 Å². The Morgan fingerprint density at radius 2 is 1.88 bits per heavy atom. The van der Waals surface area contributed by atoms with Gasteiger partial charge in [-0.25, -0.2) is 9.97 Å². The topological polar surface area (TPSA) is 90.0 Å². The Morgan fingerprint density at radius 1 is 0.969 bits per heavy atom. The average Bonchev–Trinajstić information content (AvgIpc) is 3.25. The summed E-state index contributed by atoms with van der Waals surface area (Å²) >= 11 is 0. The SMILES string of the molecule is Cc1cccc(-c2cnc3c(NCc4cnc(-c5ccc(=O)n(C)c5)cn4)nccn23)c1. The molecule has 0 atom stereocenters. The van der Waals surface area contributed by atoms with Crippen molar-refractivity contribution >= 4 is 11.5 Å². The molecule has 4 heterocycles. The van der Waals surface area contributed by atoms with Gasteiger partial charge in [0.1, 0.15) is 0 Å². The Balaban J connectivity index is 1.36. The molecule has 0 saturated carbocycles. The van der Waals surface area contributed by atoms with Gasteiger partial charge < -0.3 is 9.88 Å². The number of nitrogens with zero attached hydrogens (tertiary/aromatic N) is 6. The van der Waals surface area contributed by atoms with Crippen LogP contribution in [0.3, 0.4) is 0 Å². The number of benzene rings is 1. The third kappa shape index (κ3) is 3.74. The van der Waals surface area contributed by atoms with Gasteiger partial charge in [0.25, 0.3) is 0 Å². The van der Waals surface area contributed by atoms with E-state index < -0.39 is 0 Å². The van der Waals surface area contributed by atoms with Gasteiger partial charge in [-0.15, -0.1) is 0 Å². The van der Waals surface area contributed by atoms with E-state index >= 15 is 0 Å². The van der Waals surface area contributed by atoms with E-state index in [0.29, 0.717) is 18.1 Å². The number of anilines is 1. The number of fused-ring (bicyclic) bond motifs is 1. The first-order valence-corrected chi connectivity index (χ1v) is 10.2. The normalized spacial score (nSPS) is 11.1. The van der Waals surface area contributed by atoms with E-state index in [1.165, 1.54) is 16.2 Å². The lowest BCUT2D eigenvalue weighted by Crippen LogP contribution is -2.14. The molecule has 8 nitrogen and oxygen atoms in total. The molecule has 1 N–H and O–H groups in total. The Bertz CT molecular complexity index is 1470. The molecule has 0 amide bonds. The number of imidazole rings is 1. The average molecular weight is 423 g/mol. The third-order valence-electron chi connectivity index (χ3n) is 5.27.